The molecule has 2 aliphatic rings. The molecule has 6 heteroatoms. The van der Waals surface area contributed by atoms with Crippen molar-refractivity contribution in [3.05, 3.63) is 24.3 Å². The van der Waals surface area contributed by atoms with Crippen LogP contribution in [0.3, 0.4) is 0 Å². The van der Waals surface area contributed by atoms with Crippen molar-refractivity contribution in [3.63, 3.8) is 0 Å². The van der Waals surface area contributed by atoms with E-state index in [0.717, 1.165) is 11.2 Å². The van der Waals surface area contributed by atoms with Crippen molar-refractivity contribution in [3.8, 4) is 5.75 Å². The van der Waals surface area contributed by atoms with E-state index < -0.39 is 0 Å². The van der Waals surface area contributed by atoms with Gasteiger partial charge < -0.3 is 18.8 Å². The molecule has 1 unspecified atom stereocenters. The van der Waals surface area contributed by atoms with Crippen LogP contribution in [-0.4, -0.2) is 43.3 Å². The van der Waals surface area contributed by atoms with Gasteiger partial charge in [-0.3, -0.25) is 5.32 Å². The third-order valence-electron chi connectivity index (χ3n) is 5.05. The summed E-state index contributed by atoms with van der Waals surface area (Å²) in [5.41, 5.74) is 0.0837. The second-order valence-corrected chi connectivity index (χ2v) is 8.13. The van der Waals surface area contributed by atoms with Crippen LogP contribution >= 0.6 is 0 Å². The lowest BCUT2D eigenvalue weighted by atomic mass is 9.79. The van der Waals surface area contributed by atoms with E-state index in [2.05, 4.69) is 33.0 Å². The fourth-order valence-corrected chi connectivity index (χ4v) is 2.87. The smallest absolute Gasteiger partial charge is 0.492 e. The Morgan fingerprint density at radius 1 is 1.04 bits per heavy atom. The summed E-state index contributed by atoms with van der Waals surface area (Å²) in [5, 5.41) is 3.39. The van der Waals surface area contributed by atoms with Crippen LogP contribution in [0.2, 0.25) is 0 Å². The van der Waals surface area contributed by atoms with E-state index in [1.165, 1.54) is 0 Å². The molecule has 2 saturated heterocycles. The maximum Gasteiger partial charge on any atom is 0.494 e. The molecule has 0 bridgehead atoms. The van der Waals surface area contributed by atoms with Gasteiger partial charge in [0.25, 0.3) is 0 Å². The summed E-state index contributed by atoms with van der Waals surface area (Å²) in [6, 6.07) is 8.13. The van der Waals surface area contributed by atoms with Crippen molar-refractivity contribution in [2.75, 3.05) is 13.2 Å². The molecule has 1 aromatic rings. The van der Waals surface area contributed by atoms with E-state index in [1.807, 2.05) is 38.1 Å². The Morgan fingerprint density at radius 2 is 1.62 bits per heavy atom. The van der Waals surface area contributed by atoms with E-state index in [4.69, 9.17) is 18.8 Å². The highest BCUT2D eigenvalue weighted by atomic mass is 16.7. The first-order valence-electron chi connectivity index (χ1n) is 8.58. The number of nitrogens with one attached hydrogen (secondary N) is 1. The van der Waals surface area contributed by atoms with Gasteiger partial charge in [0.15, 0.2) is 0 Å². The van der Waals surface area contributed by atoms with Crippen molar-refractivity contribution in [1.29, 1.82) is 0 Å². The first kappa shape index (κ1) is 17.7. The summed E-state index contributed by atoms with van der Waals surface area (Å²) in [4.78, 5) is 0. The van der Waals surface area contributed by atoms with Gasteiger partial charge in [0.05, 0.1) is 23.9 Å². The Bertz CT molecular complexity index is 569. The zero-order valence-electron chi connectivity index (χ0n) is 15.5. The SMILES string of the molecule is CC1(C)NC(COc2ccc(B3OC(C)(C)C(C)(C)O3)cc2)CO1. The lowest BCUT2D eigenvalue weighted by molar-refractivity contribution is 0.00578. The zero-order valence-corrected chi connectivity index (χ0v) is 15.5. The molecule has 0 spiro atoms. The van der Waals surface area contributed by atoms with Gasteiger partial charge in [-0.05, 0) is 59.1 Å². The second-order valence-electron chi connectivity index (χ2n) is 8.13. The second kappa shape index (κ2) is 6.02. The van der Waals surface area contributed by atoms with Gasteiger partial charge >= 0.3 is 7.12 Å². The number of rotatable bonds is 4. The number of benzene rings is 1. The molecule has 0 aliphatic carbocycles. The Balaban J connectivity index is 1.57. The lowest BCUT2D eigenvalue weighted by Crippen LogP contribution is -2.41. The summed E-state index contributed by atoms with van der Waals surface area (Å²) in [6.07, 6.45) is 0. The highest BCUT2D eigenvalue weighted by Crippen LogP contribution is 2.36. The Kier molecular flexibility index (Phi) is 4.45. The minimum absolute atomic E-state index is 0.211. The van der Waals surface area contributed by atoms with Gasteiger partial charge in [-0.2, -0.15) is 0 Å². The molecule has 132 valence electrons. The van der Waals surface area contributed by atoms with Gasteiger partial charge in [-0.1, -0.05) is 12.1 Å². The van der Waals surface area contributed by atoms with Crippen LogP contribution < -0.4 is 15.5 Å². The van der Waals surface area contributed by atoms with Crippen molar-refractivity contribution in [2.24, 2.45) is 0 Å². The summed E-state index contributed by atoms with van der Waals surface area (Å²) in [7, 11) is -0.338. The molecule has 2 aliphatic heterocycles. The average molecular weight is 333 g/mol. The molecule has 1 N–H and O–H groups in total. The minimum atomic E-state index is -0.338. The standard InChI is InChI=1S/C18H28BNO4/c1-16(2)17(3,4)24-19(23-16)13-7-9-15(10-8-13)21-11-14-12-22-18(5,6)20-14/h7-10,14,20H,11-12H2,1-6H3. The molecule has 1 atom stereocenters. The first-order valence-corrected chi connectivity index (χ1v) is 8.58. The van der Waals surface area contributed by atoms with E-state index in [-0.39, 0.29) is 30.1 Å². The van der Waals surface area contributed by atoms with E-state index in [0.29, 0.717) is 13.2 Å². The van der Waals surface area contributed by atoms with E-state index in [1.54, 1.807) is 0 Å². The van der Waals surface area contributed by atoms with Crippen LogP contribution in [0.15, 0.2) is 24.3 Å². The molecule has 0 radical (unpaired) electrons. The molecule has 2 fully saturated rings. The number of ether oxygens (including phenoxy) is 2. The van der Waals surface area contributed by atoms with Gasteiger partial charge in [-0.25, -0.2) is 0 Å². The Labute approximate surface area is 145 Å². The molecule has 0 saturated carbocycles. The maximum absolute atomic E-state index is 6.06. The fourth-order valence-electron chi connectivity index (χ4n) is 2.87. The van der Waals surface area contributed by atoms with Gasteiger partial charge in [0.1, 0.15) is 18.1 Å². The van der Waals surface area contributed by atoms with Crippen molar-refractivity contribution < 1.29 is 18.8 Å². The molecule has 0 amide bonds. The lowest BCUT2D eigenvalue weighted by Gasteiger charge is -2.32. The van der Waals surface area contributed by atoms with Gasteiger partial charge in [-0.15, -0.1) is 0 Å². The Morgan fingerprint density at radius 3 is 2.12 bits per heavy atom. The molecule has 24 heavy (non-hydrogen) atoms. The van der Waals surface area contributed by atoms with Crippen molar-refractivity contribution in [2.45, 2.75) is 64.5 Å². The number of hydrogen-bond acceptors (Lipinski definition) is 5. The highest BCUT2D eigenvalue weighted by Gasteiger charge is 2.51. The predicted octanol–water partition coefficient (Wildman–Crippen LogP) is 2.09. The minimum Gasteiger partial charge on any atom is -0.492 e. The van der Waals surface area contributed by atoms with E-state index >= 15 is 0 Å². The summed E-state index contributed by atoms with van der Waals surface area (Å²) >= 11 is 0. The predicted molar refractivity (Wildman–Crippen MR) is 94.6 cm³/mol. The first-order chi connectivity index (χ1) is 11.1. The summed E-state index contributed by atoms with van der Waals surface area (Å²) in [6.45, 7) is 13.5. The normalized spacial score (nSPS) is 27.4. The molecular weight excluding hydrogens is 305 g/mol. The Hall–Kier alpha value is -1.08. The van der Waals surface area contributed by atoms with Crippen LogP contribution in [0, 0.1) is 0 Å². The number of hydrogen-bond donors (Lipinski definition) is 1. The van der Waals surface area contributed by atoms with Crippen LogP contribution in [0.4, 0.5) is 0 Å². The summed E-state index contributed by atoms with van der Waals surface area (Å²) < 4.78 is 23.6. The van der Waals surface area contributed by atoms with Crippen LogP contribution in [-0.2, 0) is 14.0 Å². The largest absolute Gasteiger partial charge is 0.494 e. The quantitative estimate of drug-likeness (QED) is 0.855. The van der Waals surface area contributed by atoms with Crippen molar-refractivity contribution >= 4 is 12.6 Å². The molecular formula is C18H28BNO4. The maximum atomic E-state index is 6.06. The van der Waals surface area contributed by atoms with Crippen LogP contribution in [0.1, 0.15) is 41.5 Å². The fraction of sp³-hybridized carbons (Fsp3) is 0.667. The zero-order chi connectivity index (χ0) is 17.6. The molecule has 2 heterocycles. The van der Waals surface area contributed by atoms with Gasteiger partial charge in [0.2, 0.25) is 0 Å². The molecule has 0 aromatic heterocycles. The molecule has 3 rings (SSSR count). The third-order valence-corrected chi connectivity index (χ3v) is 5.05. The average Bonchev–Trinajstić information content (AvgIpc) is 2.93. The van der Waals surface area contributed by atoms with E-state index in [9.17, 15) is 0 Å². The third kappa shape index (κ3) is 3.62. The molecule has 5 nitrogen and oxygen atoms in total. The monoisotopic (exact) mass is 333 g/mol. The molecule has 1 aromatic carbocycles. The summed E-state index contributed by atoms with van der Waals surface area (Å²) in [5.74, 6) is 0.835. The van der Waals surface area contributed by atoms with Gasteiger partial charge in [0, 0.05) is 0 Å². The van der Waals surface area contributed by atoms with Crippen molar-refractivity contribution in [1.82, 2.24) is 5.32 Å². The van der Waals surface area contributed by atoms with Crippen LogP contribution in [0.5, 0.6) is 5.75 Å². The van der Waals surface area contributed by atoms with Crippen LogP contribution in [0.25, 0.3) is 0 Å². The topological polar surface area (TPSA) is 49.0 Å². The highest BCUT2D eigenvalue weighted by molar-refractivity contribution is 6.62.